The number of nitrogens with zero attached hydrogens (tertiary/aromatic N) is 2. The molecule has 0 radical (unpaired) electrons. The molecule has 1 amide bonds. The zero-order valence-corrected chi connectivity index (χ0v) is 14.2. The van der Waals surface area contributed by atoms with Crippen molar-refractivity contribution in [2.24, 2.45) is 0 Å². The highest BCUT2D eigenvalue weighted by atomic mass is 16.3. The van der Waals surface area contributed by atoms with E-state index in [0.717, 1.165) is 27.9 Å². The number of aromatic nitrogens is 2. The van der Waals surface area contributed by atoms with Gasteiger partial charge in [0, 0.05) is 17.4 Å². The molecule has 0 aliphatic heterocycles. The van der Waals surface area contributed by atoms with Crippen molar-refractivity contribution < 1.29 is 9.90 Å². The Hall–Kier alpha value is -3.05. The molecule has 0 saturated heterocycles. The Morgan fingerprint density at radius 3 is 2.40 bits per heavy atom. The summed E-state index contributed by atoms with van der Waals surface area (Å²) in [5.74, 6) is -0.243. The normalized spacial score (nSPS) is 10.5. The molecule has 25 heavy (non-hydrogen) atoms. The highest BCUT2D eigenvalue weighted by Gasteiger charge is 2.14. The smallest absolute Gasteiger partial charge is 0.293 e. The van der Waals surface area contributed by atoms with E-state index in [4.69, 9.17) is 0 Å². The number of aliphatic hydroxyl groups is 1. The van der Waals surface area contributed by atoms with E-state index in [1.807, 2.05) is 56.3 Å². The second-order valence-corrected chi connectivity index (χ2v) is 5.85. The Morgan fingerprint density at radius 2 is 1.76 bits per heavy atom. The number of hydrogen-bond donors (Lipinski definition) is 2. The van der Waals surface area contributed by atoms with Gasteiger partial charge >= 0.3 is 0 Å². The molecule has 1 aromatic heterocycles. The van der Waals surface area contributed by atoms with Crippen LogP contribution in [-0.4, -0.2) is 21.0 Å². The molecule has 0 saturated carbocycles. The molecule has 2 aromatic carbocycles. The third kappa shape index (κ3) is 3.72. The summed E-state index contributed by atoms with van der Waals surface area (Å²) < 4.78 is 0. The van der Waals surface area contributed by atoms with Crippen LogP contribution in [-0.2, 0) is 6.61 Å². The van der Waals surface area contributed by atoms with Gasteiger partial charge in [-0.05, 0) is 36.6 Å². The van der Waals surface area contributed by atoms with Crippen molar-refractivity contribution in [1.29, 1.82) is 0 Å². The predicted octanol–water partition coefficient (Wildman–Crippen LogP) is 3.51. The molecule has 0 spiro atoms. The zero-order valence-electron chi connectivity index (χ0n) is 14.2. The Morgan fingerprint density at radius 1 is 1.08 bits per heavy atom. The van der Waals surface area contributed by atoms with Crippen LogP contribution in [0.4, 0.5) is 5.69 Å². The lowest BCUT2D eigenvalue weighted by Gasteiger charge is -2.13. The number of amides is 1. The summed E-state index contributed by atoms with van der Waals surface area (Å²) in [6.07, 6.45) is 1.58. The van der Waals surface area contributed by atoms with E-state index in [9.17, 15) is 9.90 Å². The van der Waals surface area contributed by atoms with Gasteiger partial charge in [-0.15, -0.1) is 0 Å². The first-order chi connectivity index (χ1) is 12.1. The van der Waals surface area contributed by atoms with Crippen LogP contribution in [0.5, 0.6) is 0 Å². The van der Waals surface area contributed by atoms with Gasteiger partial charge in [-0.25, -0.2) is 9.97 Å². The average Bonchev–Trinajstić information content (AvgIpc) is 2.65. The van der Waals surface area contributed by atoms with Gasteiger partial charge in [0.05, 0.1) is 12.3 Å². The number of carbonyl (C=O) groups is 1. The largest absolute Gasteiger partial charge is 0.392 e. The van der Waals surface area contributed by atoms with Crippen molar-refractivity contribution in [3.63, 3.8) is 0 Å². The van der Waals surface area contributed by atoms with Crippen LogP contribution >= 0.6 is 0 Å². The first-order valence-corrected chi connectivity index (χ1v) is 7.99. The number of rotatable bonds is 4. The van der Waals surface area contributed by atoms with Gasteiger partial charge in [0.15, 0.2) is 0 Å². The highest BCUT2D eigenvalue weighted by Crippen LogP contribution is 2.23. The second kappa shape index (κ2) is 7.23. The number of benzene rings is 2. The first-order valence-electron chi connectivity index (χ1n) is 7.99. The topological polar surface area (TPSA) is 75.1 Å². The quantitative estimate of drug-likeness (QED) is 0.766. The second-order valence-electron chi connectivity index (χ2n) is 5.85. The molecule has 0 unspecified atom stereocenters. The third-order valence-corrected chi connectivity index (χ3v) is 3.94. The summed E-state index contributed by atoms with van der Waals surface area (Å²) in [5, 5.41) is 12.1. The van der Waals surface area contributed by atoms with Crippen LogP contribution in [0.2, 0.25) is 0 Å². The Labute approximate surface area is 146 Å². The van der Waals surface area contributed by atoms with Crippen molar-refractivity contribution in [1.82, 2.24) is 9.97 Å². The molecule has 5 nitrogen and oxygen atoms in total. The first kappa shape index (κ1) is 16.8. The predicted molar refractivity (Wildman–Crippen MR) is 97.3 cm³/mol. The van der Waals surface area contributed by atoms with Gasteiger partial charge in [0.1, 0.15) is 0 Å². The van der Waals surface area contributed by atoms with Crippen molar-refractivity contribution in [3.8, 4) is 11.3 Å². The van der Waals surface area contributed by atoms with E-state index in [2.05, 4.69) is 15.3 Å². The molecule has 3 aromatic rings. The van der Waals surface area contributed by atoms with Gasteiger partial charge in [0.2, 0.25) is 5.82 Å². The summed E-state index contributed by atoms with van der Waals surface area (Å²) >= 11 is 0. The Kier molecular flexibility index (Phi) is 4.86. The highest BCUT2D eigenvalue weighted by molar-refractivity contribution is 6.02. The average molecular weight is 333 g/mol. The fourth-order valence-electron chi connectivity index (χ4n) is 2.75. The van der Waals surface area contributed by atoms with E-state index in [0.29, 0.717) is 5.69 Å². The van der Waals surface area contributed by atoms with Gasteiger partial charge in [0.25, 0.3) is 5.91 Å². The number of aryl methyl sites for hydroxylation is 2. The summed E-state index contributed by atoms with van der Waals surface area (Å²) in [7, 11) is 0. The number of anilines is 1. The number of hydrogen-bond acceptors (Lipinski definition) is 4. The SMILES string of the molecule is Cc1cc(CO)cc(C)c1NC(=O)c1nccc(-c2ccccc2)n1. The van der Waals surface area contributed by atoms with Crippen LogP contribution in [0.15, 0.2) is 54.7 Å². The molecule has 0 bridgehead atoms. The fraction of sp³-hybridized carbons (Fsp3) is 0.150. The molecule has 5 heteroatoms. The molecule has 0 atom stereocenters. The molecule has 1 heterocycles. The molecule has 2 N–H and O–H groups in total. The lowest BCUT2D eigenvalue weighted by Crippen LogP contribution is -2.17. The van der Waals surface area contributed by atoms with Crippen LogP contribution in [0, 0.1) is 13.8 Å². The van der Waals surface area contributed by atoms with Crippen LogP contribution in [0.3, 0.4) is 0 Å². The molecule has 126 valence electrons. The van der Waals surface area contributed by atoms with E-state index >= 15 is 0 Å². The zero-order chi connectivity index (χ0) is 17.8. The Bertz CT molecular complexity index is 885. The van der Waals surface area contributed by atoms with Crippen LogP contribution in [0.25, 0.3) is 11.3 Å². The molecule has 3 rings (SSSR count). The minimum Gasteiger partial charge on any atom is -0.392 e. The molecule has 0 fully saturated rings. The minimum atomic E-state index is -0.360. The number of nitrogens with one attached hydrogen (secondary N) is 1. The minimum absolute atomic E-state index is 0.0296. The summed E-state index contributed by atoms with van der Waals surface area (Å²) in [6.45, 7) is 3.75. The molecular weight excluding hydrogens is 314 g/mol. The van der Waals surface area contributed by atoms with E-state index < -0.39 is 0 Å². The van der Waals surface area contributed by atoms with Gasteiger partial charge in [-0.1, -0.05) is 42.5 Å². The van der Waals surface area contributed by atoms with Crippen LogP contribution < -0.4 is 5.32 Å². The fourth-order valence-corrected chi connectivity index (χ4v) is 2.75. The van der Waals surface area contributed by atoms with E-state index in [1.165, 1.54) is 0 Å². The summed E-state index contributed by atoms with van der Waals surface area (Å²) in [4.78, 5) is 21.0. The van der Waals surface area contributed by atoms with E-state index in [1.54, 1.807) is 12.3 Å². The van der Waals surface area contributed by atoms with Crippen molar-refractivity contribution >= 4 is 11.6 Å². The molecule has 0 aliphatic rings. The number of carbonyl (C=O) groups excluding carboxylic acids is 1. The van der Waals surface area contributed by atoms with Crippen molar-refractivity contribution in [2.75, 3.05) is 5.32 Å². The third-order valence-electron chi connectivity index (χ3n) is 3.94. The van der Waals surface area contributed by atoms with E-state index in [-0.39, 0.29) is 18.3 Å². The van der Waals surface area contributed by atoms with Crippen molar-refractivity contribution in [3.05, 3.63) is 77.2 Å². The summed E-state index contributed by atoms with van der Waals surface area (Å²) in [6, 6.07) is 15.1. The van der Waals surface area contributed by atoms with Crippen molar-refractivity contribution in [2.45, 2.75) is 20.5 Å². The molecule has 0 aliphatic carbocycles. The molecular formula is C20H19N3O2. The maximum Gasteiger partial charge on any atom is 0.293 e. The number of aliphatic hydroxyl groups excluding tert-OH is 1. The maximum atomic E-state index is 12.6. The maximum absolute atomic E-state index is 12.6. The van der Waals surface area contributed by atoms with Crippen LogP contribution in [0.1, 0.15) is 27.3 Å². The monoisotopic (exact) mass is 333 g/mol. The van der Waals surface area contributed by atoms with Gasteiger partial charge in [-0.2, -0.15) is 0 Å². The summed E-state index contributed by atoms with van der Waals surface area (Å²) in [5.41, 5.74) is 4.93. The Balaban J connectivity index is 1.88. The van der Waals surface area contributed by atoms with Gasteiger partial charge < -0.3 is 10.4 Å². The van der Waals surface area contributed by atoms with Gasteiger partial charge in [-0.3, -0.25) is 4.79 Å². The lowest BCUT2D eigenvalue weighted by atomic mass is 10.0. The lowest BCUT2D eigenvalue weighted by molar-refractivity contribution is 0.101. The standard InChI is InChI=1S/C20H19N3O2/c1-13-10-15(12-24)11-14(2)18(13)23-20(25)19-21-9-8-17(22-19)16-6-4-3-5-7-16/h3-11,24H,12H2,1-2H3,(H,23,25).